The van der Waals surface area contributed by atoms with Crippen LogP contribution in [0.4, 0.5) is 0 Å². The van der Waals surface area contributed by atoms with Gasteiger partial charge in [0.05, 0.1) is 5.69 Å². The Balaban J connectivity index is 3.45. The normalized spacial score (nSPS) is 11.9. The summed E-state index contributed by atoms with van der Waals surface area (Å²) in [4.78, 5) is 0.0733. The van der Waals surface area contributed by atoms with Crippen molar-refractivity contribution in [2.24, 2.45) is 0 Å². The van der Waals surface area contributed by atoms with Gasteiger partial charge in [-0.3, -0.25) is 0 Å². The van der Waals surface area contributed by atoms with Gasteiger partial charge in [-0.2, -0.15) is 4.37 Å². The molecule has 0 saturated carbocycles. The van der Waals surface area contributed by atoms with Gasteiger partial charge in [-0.25, -0.2) is 8.42 Å². The van der Waals surface area contributed by atoms with Crippen LogP contribution in [0.2, 0.25) is 0 Å². The van der Waals surface area contributed by atoms with E-state index in [-0.39, 0.29) is 4.90 Å². The average Bonchev–Trinajstić information content (AvgIpc) is 2.08. The second kappa shape index (κ2) is 3.01. The molecule has 7 heteroatoms. The molecule has 1 aromatic rings. The molecular formula is C4H3BrClNO2S2. The molecule has 0 bridgehead atoms. The standard InChI is InChI=1S/C4H3BrClNO2S2/c1-2-3(11(6,8)9)4(5)10-7-2/h1H3. The molecule has 1 aromatic heterocycles. The van der Waals surface area contributed by atoms with Crippen molar-refractivity contribution < 1.29 is 8.42 Å². The lowest BCUT2D eigenvalue weighted by Crippen LogP contribution is -1.91. The van der Waals surface area contributed by atoms with Gasteiger partial charge >= 0.3 is 0 Å². The first-order chi connectivity index (χ1) is 4.93. The Morgan fingerprint density at radius 2 is 2.18 bits per heavy atom. The number of hydrogen-bond acceptors (Lipinski definition) is 4. The minimum Gasteiger partial charge on any atom is -0.207 e. The van der Waals surface area contributed by atoms with Crippen molar-refractivity contribution in [3.8, 4) is 0 Å². The Labute approximate surface area is 81.1 Å². The van der Waals surface area contributed by atoms with E-state index in [1.165, 1.54) is 0 Å². The maximum atomic E-state index is 10.8. The predicted molar refractivity (Wildman–Crippen MR) is 47.6 cm³/mol. The van der Waals surface area contributed by atoms with Crippen molar-refractivity contribution in [2.75, 3.05) is 0 Å². The number of aryl methyl sites for hydroxylation is 1. The Morgan fingerprint density at radius 3 is 2.36 bits per heavy atom. The van der Waals surface area contributed by atoms with Crippen LogP contribution in [0.5, 0.6) is 0 Å². The topological polar surface area (TPSA) is 47.0 Å². The predicted octanol–water partition coefficient (Wildman–Crippen LogP) is 2.14. The summed E-state index contributed by atoms with van der Waals surface area (Å²) in [6.07, 6.45) is 0. The van der Waals surface area contributed by atoms with E-state index in [1.807, 2.05) is 0 Å². The summed E-state index contributed by atoms with van der Waals surface area (Å²) in [5, 5.41) is 0. The summed E-state index contributed by atoms with van der Waals surface area (Å²) in [5.74, 6) is 0. The number of aromatic nitrogens is 1. The molecule has 0 aromatic carbocycles. The zero-order chi connectivity index (χ0) is 8.65. The molecule has 0 saturated heterocycles. The third-order valence-corrected chi connectivity index (χ3v) is 4.42. The molecule has 0 spiro atoms. The number of halogens is 2. The van der Waals surface area contributed by atoms with Crippen molar-refractivity contribution in [1.29, 1.82) is 0 Å². The number of rotatable bonds is 1. The van der Waals surface area contributed by atoms with Gasteiger partial charge in [-0.15, -0.1) is 0 Å². The number of hydrogen-bond donors (Lipinski definition) is 0. The van der Waals surface area contributed by atoms with Crippen LogP contribution in [-0.2, 0) is 9.05 Å². The summed E-state index contributed by atoms with van der Waals surface area (Å²) in [6.45, 7) is 1.59. The van der Waals surface area contributed by atoms with E-state index < -0.39 is 9.05 Å². The molecule has 3 nitrogen and oxygen atoms in total. The van der Waals surface area contributed by atoms with Gasteiger partial charge in [0, 0.05) is 10.7 Å². The van der Waals surface area contributed by atoms with Crippen molar-refractivity contribution in [3.05, 3.63) is 9.48 Å². The molecule has 0 amide bonds. The van der Waals surface area contributed by atoms with Crippen LogP contribution in [-0.4, -0.2) is 12.8 Å². The lowest BCUT2D eigenvalue weighted by atomic mass is 10.5. The van der Waals surface area contributed by atoms with Gasteiger partial charge < -0.3 is 0 Å². The maximum absolute atomic E-state index is 10.8. The van der Waals surface area contributed by atoms with E-state index in [2.05, 4.69) is 20.3 Å². The van der Waals surface area contributed by atoms with Crippen molar-refractivity contribution in [1.82, 2.24) is 4.37 Å². The van der Waals surface area contributed by atoms with Crippen molar-refractivity contribution in [2.45, 2.75) is 11.8 Å². The molecule has 0 radical (unpaired) electrons. The fraction of sp³-hybridized carbons (Fsp3) is 0.250. The SMILES string of the molecule is Cc1nsc(Br)c1S(=O)(=O)Cl. The van der Waals surface area contributed by atoms with Crippen LogP contribution in [0.3, 0.4) is 0 Å². The van der Waals surface area contributed by atoms with E-state index in [1.54, 1.807) is 6.92 Å². The van der Waals surface area contributed by atoms with E-state index in [0.717, 1.165) is 11.5 Å². The minimum atomic E-state index is -3.65. The Bertz CT molecular complexity index is 352. The summed E-state index contributed by atoms with van der Waals surface area (Å²) >= 11 is 4.11. The molecule has 1 rings (SSSR count). The summed E-state index contributed by atoms with van der Waals surface area (Å²) in [5.41, 5.74) is 0.428. The van der Waals surface area contributed by atoms with Crippen molar-refractivity contribution in [3.63, 3.8) is 0 Å². The Kier molecular flexibility index (Phi) is 2.58. The fourth-order valence-electron chi connectivity index (χ4n) is 0.606. The Hall–Kier alpha value is 0.350. The largest absolute Gasteiger partial charge is 0.265 e. The Morgan fingerprint density at radius 1 is 1.64 bits per heavy atom. The molecule has 0 unspecified atom stereocenters. The van der Waals surface area contributed by atoms with Crippen molar-refractivity contribution >= 4 is 47.2 Å². The second-order valence-corrected chi connectivity index (χ2v) is 6.40. The summed E-state index contributed by atoms with van der Waals surface area (Å²) in [7, 11) is 1.47. The monoisotopic (exact) mass is 275 g/mol. The highest BCUT2D eigenvalue weighted by Crippen LogP contribution is 2.31. The molecule has 11 heavy (non-hydrogen) atoms. The molecular weight excluding hydrogens is 274 g/mol. The highest BCUT2D eigenvalue weighted by molar-refractivity contribution is 9.11. The van der Waals surface area contributed by atoms with Crippen LogP contribution in [0.25, 0.3) is 0 Å². The fourth-order valence-corrected chi connectivity index (χ4v) is 4.36. The minimum absolute atomic E-state index is 0.0733. The zero-order valence-corrected chi connectivity index (χ0v) is 9.31. The van der Waals surface area contributed by atoms with Gasteiger partial charge in [0.2, 0.25) is 0 Å². The van der Waals surface area contributed by atoms with Gasteiger partial charge in [-0.1, -0.05) is 0 Å². The molecule has 0 aliphatic carbocycles. The highest BCUT2D eigenvalue weighted by Gasteiger charge is 2.20. The highest BCUT2D eigenvalue weighted by atomic mass is 79.9. The molecule has 0 aliphatic heterocycles. The van der Waals surface area contributed by atoms with Crippen LogP contribution in [0.15, 0.2) is 8.68 Å². The average molecular weight is 277 g/mol. The second-order valence-electron chi connectivity index (χ2n) is 1.81. The van der Waals surface area contributed by atoms with Gasteiger partial charge in [-0.05, 0) is 34.4 Å². The van der Waals surface area contributed by atoms with Gasteiger partial charge in [0.15, 0.2) is 0 Å². The van der Waals surface area contributed by atoms with Crippen LogP contribution in [0.1, 0.15) is 5.69 Å². The van der Waals surface area contributed by atoms with E-state index in [4.69, 9.17) is 10.7 Å². The molecule has 0 aliphatic rings. The molecule has 0 atom stereocenters. The lowest BCUT2D eigenvalue weighted by Gasteiger charge is -1.91. The van der Waals surface area contributed by atoms with E-state index in [0.29, 0.717) is 9.48 Å². The molecule has 1 heterocycles. The first kappa shape index (κ1) is 9.44. The molecule has 0 N–H and O–H groups in total. The first-order valence-corrected chi connectivity index (χ1v) is 6.37. The third-order valence-electron chi connectivity index (χ3n) is 1.01. The zero-order valence-electron chi connectivity index (χ0n) is 5.34. The quantitative estimate of drug-likeness (QED) is 0.738. The first-order valence-electron chi connectivity index (χ1n) is 2.49. The van der Waals surface area contributed by atoms with Crippen LogP contribution < -0.4 is 0 Å². The van der Waals surface area contributed by atoms with Gasteiger partial charge in [0.25, 0.3) is 9.05 Å². The summed E-state index contributed by atoms with van der Waals surface area (Å²) in [6, 6.07) is 0. The number of nitrogens with zero attached hydrogens (tertiary/aromatic N) is 1. The lowest BCUT2D eigenvalue weighted by molar-refractivity contribution is 0.609. The van der Waals surface area contributed by atoms with Gasteiger partial charge in [0.1, 0.15) is 8.68 Å². The van der Waals surface area contributed by atoms with Crippen LogP contribution in [0, 0.1) is 6.92 Å². The molecule has 62 valence electrons. The summed E-state index contributed by atoms with van der Waals surface area (Å²) < 4.78 is 25.9. The van der Waals surface area contributed by atoms with E-state index in [9.17, 15) is 8.42 Å². The molecule has 0 fully saturated rings. The third kappa shape index (κ3) is 1.93. The van der Waals surface area contributed by atoms with E-state index >= 15 is 0 Å². The smallest absolute Gasteiger partial charge is 0.207 e. The maximum Gasteiger partial charge on any atom is 0.265 e. The van der Waals surface area contributed by atoms with Crippen LogP contribution >= 0.6 is 38.1 Å².